The molecule has 0 unspecified atom stereocenters. The van der Waals surface area contributed by atoms with Crippen molar-refractivity contribution in [1.82, 2.24) is 14.9 Å². The molecule has 8 heteroatoms. The average molecular weight is 300 g/mol. The van der Waals surface area contributed by atoms with Crippen LogP contribution in [0.1, 0.15) is 16.1 Å². The number of H-pyrrole nitrogens is 1. The number of aryl methyl sites for hydroxylation is 1. The van der Waals surface area contributed by atoms with Crippen molar-refractivity contribution >= 4 is 21.4 Å². The molecule has 19 heavy (non-hydrogen) atoms. The second-order valence-electron chi connectivity index (χ2n) is 4.10. The maximum absolute atomic E-state index is 12.1. The van der Waals surface area contributed by atoms with Gasteiger partial charge in [-0.05, 0) is 32.0 Å². The first kappa shape index (κ1) is 14.2. The fraction of sp³-hybridized carbons (Fsp3) is 0.364. The first-order chi connectivity index (χ1) is 9.03. The molecule has 0 bridgehead atoms. The van der Waals surface area contributed by atoms with Crippen molar-refractivity contribution < 1.29 is 8.42 Å². The van der Waals surface area contributed by atoms with Gasteiger partial charge in [-0.25, -0.2) is 13.1 Å². The van der Waals surface area contributed by atoms with E-state index in [-0.39, 0.29) is 6.54 Å². The molecule has 0 radical (unpaired) electrons. The fourth-order valence-corrected chi connectivity index (χ4v) is 4.00. The van der Waals surface area contributed by atoms with Gasteiger partial charge in [0.15, 0.2) is 0 Å². The molecule has 2 aromatic rings. The summed E-state index contributed by atoms with van der Waals surface area (Å²) in [6.45, 7) is 2.59. The third-order valence-corrected chi connectivity index (χ3v) is 5.72. The van der Waals surface area contributed by atoms with Gasteiger partial charge in [0.2, 0.25) is 10.0 Å². The third-order valence-electron chi connectivity index (χ3n) is 2.68. The van der Waals surface area contributed by atoms with Crippen LogP contribution in [0.4, 0.5) is 0 Å². The van der Waals surface area contributed by atoms with E-state index in [2.05, 4.69) is 14.9 Å². The van der Waals surface area contributed by atoms with E-state index in [0.29, 0.717) is 17.2 Å². The first-order valence-corrected chi connectivity index (χ1v) is 8.10. The highest BCUT2D eigenvalue weighted by Gasteiger charge is 2.17. The van der Waals surface area contributed by atoms with Crippen LogP contribution in [-0.2, 0) is 23.0 Å². The number of nitrogens with one attached hydrogen (secondary N) is 2. The van der Waals surface area contributed by atoms with Crippen LogP contribution in [-0.4, -0.2) is 25.2 Å². The van der Waals surface area contributed by atoms with Gasteiger partial charge in [-0.2, -0.15) is 5.10 Å². The number of thiophene rings is 1. The fourth-order valence-electron chi connectivity index (χ4n) is 1.58. The van der Waals surface area contributed by atoms with Crippen molar-refractivity contribution in [2.24, 2.45) is 5.73 Å². The molecule has 2 heterocycles. The van der Waals surface area contributed by atoms with Crippen molar-refractivity contribution in [1.29, 1.82) is 0 Å². The van der Waals surface area contributed by atoms with Gasteiger partial charge in [0.1, 0.15) is 4.21 Å². The Morgan fingerprint density at radius 2 is 2.26 bits per heavy atom. The molecule has 0 atom stereocenters. The molecule has 0 aliphatic heterocycles. The molecule has 2 aromatic heterocycles. The SMILES string of the molecule is Cc1[nH]ncc1CNS(=O)(=O)c1ccc(CCN)s1. The molecule has 0 fully saturated rings. The molecule has 0 spiro atoms. The van der Waals surface area contributed by atoms with Gasteiger partial charge in [-0.1, -0.05) is 0 Å². The molecule has 0 aromatic carbocycles. The molecule has 0 aliphatic carbocycles. The maximum Gasteiger partial charge on any atom is 0.250 e. The Labute approximate surface area is 116 Å². The number of rotatable bonds is 6. The predicted octanol–water partition coefficient (Wildman–Crippen LogP) is 0.759. The molecule has 2 rings (SSSR count). The van der Waals surface area contributed by atoms with Gasteiger partial charge in [-0.15, -0.1) is 11.3 Å². The van der Waals surface area contributed by atoms with Crippen LogP contribution in [0.25, 0.3) is 0 Å². The molecule has 0 aliphatic rings. The largest absolute Gasteiger partial charge is 0.330 e. The van der Waals surface area contributed by atoms with E-state index >= 15 is 0 Å². The summed E-state index contributed by atoms with van der Waals surface area (Å²) < 4.78 is 27.1. The van der Waals surface area contributed by atoms with Crippen molar-refractivity contribution in [3.8, 4) is 0 Å². The zero-order valence-corrected chi connectivity index (χ0v) is 12.1. The molecule has 0 amide bonds. The lowest BCUT2D eigenvalue weighted by molar-refractivity contribution is 0.583. The van der Waals surface area contributed by atoms with E-state index in [9.17, 15) is 8.42 Å². The second kappa shape index (κ2) is 5.83. The van der Waals surface area contributed by atoms with Crippen LogP contribution in [0.15, 0.2) is 22.5 Å². The maximum atomic E-state index is 12.1. The second-order valence-corrected chi connectivity index (χ2v) is 7.27. The highest BCUT2D eigenvalue weighted by molar-refractivity contribution is 7.91. The lowest BCUT2D eigenvalue weighted by Gasteiger charge is -2.03. The molecule has 0 saturated heterocycles. The summed E-state index contributed by atoms with van der Waals surface area (Å²) in [6.07, 6.45) is 2.31. The Morgan fingerprint density at radius 3 is 2.89 bits per heavy atom. The minimum Gasteiger partial charge on any atom is -0.330 e. The third kappa shape index (κ3) is 3.41. The summed E-state index contributed by atoms with van der Waals surface area (Å²) in [5.41, 5.74) is 7.14. The average Bonchev–Trinajstić information content (AvgIpc) is 2.97. The zero-order valence-electron chi connectivity index (χ0n) is 10.5. The van der Waals surface area contributed by atoms with E-state index in [1.165, 1.54) is 11.3 Å². The van der Waals surface area contributed by atoms with Crippen LogP contribution in [0.5, 0.6) is 0 Å². The van der Waals surface area contributed by atoms with E-state index < -0.39 is 10.0 Å². The van der Waals surface area contributed by atoms with Gasteiger partial charge in [0.05, 0.1) is 6.20 Å². The van der Waals surface area contributed by atoms with Crippen LogP contribution >= 0.6 is 11.3 Å². The Hall–Kier alpha value is -1.22. The smallest absolute Gasteiger partial charge is 0.250 e. The van der Waals surface area contributed by atoms with Crippen molar-refractivity contribution in [2.45, 2.75) is 24.1 Å². The van der Waals surface area contributed by atoms with Crippen molar-refractivity contribution in [3.05, 3.63) is 34.5 Å². The van der Waals surface area contributed by atoms with E-state index in [4.69, 9.17) is 5.73 Å². The van der Waals surface area contributed by atoms with Crippen LogP contribution < -0.4 is 10.5 Å². The summed E-state index contributed by atoms with van der Waals surface area (Å²) in [7, 11) is -3.46. The Bertz CT molecular complexity index is 645. The minimum atomic E-state index is -3.46. The lowest BCUT2D eigenvalue weighted by Crippen LogP contribution is -2.22. The molecule has 4 N–H and O–H groups in total. The predicted molar refractivity (Wildman–Crippen MR) is 74.4 cm³/mol. The molecule has 104 valence electrons. The van der Waals surface area contributed by atoms with E-state index in [1.54, 1.807) is 18.3 Å². The molecular formula is C11H16N4O2S2. The van der Waals surface area contributed by atoms with Gasteiger partial charge >= 0.3 is 0 Å². The van der Waals surface area contributed by atoms with Gasteiger partial charge in [0.25, 0.3) is 0 Å². The monoisotopic (exact) mass is 300 g/mol. The summed E-state index contributed by atoms with van der Waals surface area (Å²) >= 11 is 1.25. The van der Waals surface area contributed by atoms with Crippen LogP contribution in [0, 0.1) is 6.92 Å². The lowest BCUT2D eigenvalue weighted by atomic mass is 10.3. The van der Waals surface area contributed by atoms with E-state index in [1.807, 2.05) is 6.92 Å². The standard InChI is InChI=1S/C11H16N4O2S2/c1-8-9(6-13-15-8)7-14-19(16,17)11-3-2-10(18-11)4-5-12/h2-3,6,14H,4-5,7,12H2,1H3,(H,13,15). The number of nitrogens with zero attached hydrogens (tertiary/aromatic N) is 1. The number of nitrogens with two attached hydrogens (primary N) is 1. The quantitative estimate of drug-likeness (QED) is 0.733. The van der Waals surface area contributed by atoms with Crippen LogP contribution in [0.2, 0.25) is 0 Å². The number of sulfonamides is 1. The highest BCUT2D eigenvalue weighted by Crippen LogP contribution is 2.21. The normalized spacial score (nSPS) is 11.9. The first-order valence-electron chi connectivity index (χ1n) is 5.80. The topological polar surface area (TPSA) is 101 Å². The molecular weight excluding hydrogens is 284 g/mol. The van der Waals surface area contributed by atoms with Crippen molar-refractivity contribution in [3.63, 3.8) is 0 Å². The highest BCUT2D eigenvalue weighted by atomic mass is 32.2. The number of aromatic amines is 1. The summed E-state index contributed by atoms with van der Waals surface area (Å²) in [5, 5.41) is 6.62. The Morgan fingerprint density at radius 1 is 1.47 bits per heavy atom. The summed E-state index contributed by atoms with van der Waals surface area (Å²) in [5.74, 6) is 0. The zero-order chi connectivity index (χ0) is 13.9. The number of hydrogen-bond donors (Lipinski definition) is 3. The minimum absolute atomic E-state index is 0.231. The number of aromatic nitrogens is 2. The Balaban J connectivity index is 2.07. The van der Waals surface area contributed by atoms with Gasteiger partial charge < -0.3 is 5.73 Å². The number of hydrogen-bond acceptors (Lipinski definition) is 5. The van der Waals surface area contributed by atoms with Crippen molar-refractivity contribution in [2.75, 3.05) is 6.54 Å². The van der Waals surface area contributed by atoms with Crippen LogP contribution in [0.3, 0.4) is 0 Å². The van der Waals surface area contributed by atoms with E-state index in [0.717, 1.165) is 16.1 Å². The molecule has 6 nitrogen and oxygen atoms in total. The summed E-state index contributed by atoms with van der Waals surface area (Å²) in [6, 6.07) is 3.41. The van der Waals surface area contributed by atoms with Gasteiger partial charge in [0, 0.05) is 22.7 Å². The summed E-state index contributed by atoms with van der Waals surface area (Å²) in [4.78, 5) is 0.974. The molecule has 0 saturated carbocycles. The van der Waals surface area contributed by atoms with Gasteiger partial charge in [-0.3, -0.25) is 5.10 Å². The Kier molecular flexibility index (Phi) is 4.35.